The van der Waals surface area contributed by atoms with Gasteiger partial charge in [-0.1, -0.05) is 42.3 Å². The average molecular weight is 554 g/mol. The zero-order valence-corrected chi connectivity index (χ0v) is 23.2. The van der Waals surface area contributed by atoms with Crippen LogP contribution in [0.5, 0.6) is 6.01 Å². The SMILES string of the molecule is C#Cc1cccc2cccc(-c3ccc4c(N(C)[C@@H]5CCNC5)nc(OC[C@@]56CCCN5C[C@H](F)C6)nc4c3F)c12. The molecular formula is C33H33F2N5O. The molecular weight excluding hydrogens is 520 g/mol. The Labute approximate surface area is 238 Å². The minimum absolute atomic E-state index is 0.118. The maximum absolute atomic E-state index is 16.6. The average Bonchev–Trinajstić information content (AvgIpc) is 3.72. The molecule has 0 unspecified atom stereocenters. The van der Waals surface area contributed by atoms with Crippen molar-refractivity contribution in [2.75, 3.05) is 44.7 Å². The van der Waals surface area contributed by atoms with E-state index in [1.54, 1.807) is 6.07 Å². The minimum atomic E-state index is -0.860. The number of fused-ring (bicyclic) bond motifs is 3. The summed E-state index contributed by atoms with van der Waals surface area (Å²) < 4.78 is 37.3. The number of alkyl halides is 1. The van der Waals surface area contributed by atoms with Crippen LogP contribution in [0.15, 0.2) is 48.5 Å². The summed E-state index contributed by atoms with van der Waals surface area (Å²) in [4.78, 5) is 13.7. The molecule has 1 aromatic heterocycles. The summed E-state index contributed by atoms with van der Waals surface area (Å²) in [5.74, 6) is 2.94. The van der Waals surface area contributed by atoms with Gasteiger partial charge in [0.2, 0.25) is 0 Å². The van der Waals surface area contributed by atoms with E-state index in [9.17, 15) is 4.39 Å². The van der Waals surface area contributed by atoms with Crippen molar-refractivity contribution in [1.82, 2.24) is 20.2 Å². The van der Waals surface area contributed by atoms with Crippen LogP contribution in [-0.2, 0) is 0 Å². The number of benzene rings is 3. The summed E-state index contributed by atoms with van der Waals surface area (Å²) in [5.41, 5.74) is 1.69. The van der Waals surface area contributed by atoms with Gasteiger partial charge in [-0.2, -0.15) is 9.97 Å². The van der Waals surface area contributed by atoms with Crippen molar-refractivity contribution in [3.8, 4) is 29.5 Å². The van der Waals surface area contributed by atoms with Crippen LogP contribution < -0.4 is 15.0 Å². The molecule has 3 fully saturated rings. The van der Waals surface area contributed by atoms with Crippen LogP contribution >= 0.6 is 0 Å². The molecule has 41 heavy (non-hydrogen) atoms. The van der Waals surface area contributed by atoms with Gasteiger partial charge < -0.3 is 15.0 Å². The number of anilines is 1. The van der Waals surface area contributed by atoms with Crippen LogP contribution in [0.25, 0.3) is 32.8 Å². The van der Waals surface area contributed by atoms with Crippen LogP contribution in [-0.4, -0.2) is 72.5 Å². The first-order chi connectivity index (χ1) is 20.0. The molecule has 6 nitrogen and oxygen atoms in total. The highest BCUT2D eigenvalue weighted by Crippen LogP contribution is 2.41. The number of nitrogens with zero attached hydrogens (tertiary/aromatic N) is 4. The largest absolute Gasteiger partial charge is 0.461 e. The summed E-state index contributed by atoms with van der Waals surface area (Å²) in [5, 5.41) is 5.80. The van der Waals surface area contributed by atoms with Gasteiger partial charge in [0, 0.05) is 54.5 Å². The van der Waals surface area contributed by atoms with Gasteiger partial charge in [-0.15, -0.1) is 6.42 Å². The maximum Gasteiger partial charge on any atom is 0.319 e. The maximum atomic E-state index is 16.6. The highest BCUT2D eigenvalue weighted by molar-refractivity contribution is 6.03. The summed E-state index contributed by atoms with van der Waals surface area (Å²) in [6.07, 6.45) is 8.26. The first-order valence-corrected chi connectivity index (χ1v) is 14.4. The van der Waals surface area contributed by atoms with Crippen LogP contribution in [0, 0.1) is 18.2 Å². The second kappa shape index (κ2) is 10.2. The van der Waals surface area contributed by atoms with Crippen molar-refractivity contribution in [1.29, 1.82) is 0 Å². The lowest BCUT2D eigenvalue weighted by Gasteiger charge is -2.31. The predicted octanol–water partition coefficient (Wildman–Crippen LogP) is 5.32. The van der Waals surface area contributed by atoms with E-state index in [0.717, 1.165) is 49.7 Å². The van der Waals surface area contributed by atoms with Crippen molar-refractivity contribution in [2.24, 2.45) is 0 Å². The molecule has 4 aromatic rings. The number of likely N-dealkylation sites (N-methyl/N-ethyl adjacent to an activating group) is 1. The number of halogens is 2. The molecule has 4 heterocycles. The van der Waals surface area contributed by atoms with Crippen LogP contribution in [0.2, 0.25) is 0 Å². The summed E-state index contributed by atoms with van der Waals surface area (Å²) in [6, 6.07) is 15.6. The smallest absolute Gasteiger partial charge is 0.319 e. The molecule has 0 spiro atoms. The Bertz CT molecular complexity index is 1680. The molecule has 8 heteroatoms. The summed E-state index contributed by atoms with van der Waals surface area (Å²) in [7, 11) is 1.99. The Morgan fingerprint density at radius 2 is 2.02 bits per heavy atom. The molecule has 0 amide bonds. The lowest BCUT2D eigenvalue weighted by molar-refractivity contribution is 0.107. The van der Waals surface area contributed by atoms with Crippen LogP contribution in [0.4, 0.5) is 14.6 Å². The Hall–Kier alpha value is -3.80. The van der Waals surface area contributed by atoms with E-state index in [-0.39, 0.29) is 29.7 Å². The number of ether oxygens (including phenoxy) is 1. The lowest BCUT2D eigenvalue weighted by atomic mass is 9.94. The highest BCUT2D eigenvalue weighted by atomic mass is 19.1. The van der Waals surface area contributed by atoms with E-state index in [1.807, 2.05) is 49.5 Å². The topological polar surface area (TPSA) is 53.5 Å². The molecule has 3 atom stereocenters. The van der Waals surface area contributed by atoms with Crippen molar-refractivity contribution in [3.63, 3.8) is 0 Å². The van der Waals surface area contributed by atoms with Gasteiger partial charge in [0.05, 0.1) is 5.54 Å². The van der Waals surface area contributed by atoms with E-state index in [1.165, 1.54) is 0 Å². The number of hydrogen-bond donors (Lipinski definition) is 1. The molecule has 3 aliphatic heterocycles. The Morgan fingerprint density at radius 1 is 1.17 bits per heavy atom. The molecule has 0 radical (unpaired) electrons. The first kappa shape index (κ1) is 26.1. The minimum Gasteiger partial charge on any atom is -0.461 e. The van der Waals surface area contributed by atoms with Gasteiger partial charge in [0.1, 0.15) is 24.1 Å². The van der Waals surface area contributed by atoms with Crippen molar-refractivity contribution < 1.29 is 13.5 Å². The molecule has 1 N–H and O–H groups in total. The van der Waals surface area contributed by atoms with Crippen molar-refractivity contribution in [2.45, 2.75) is 43.4 Å². The molecule has 0 aliphatic carbocycles. The highest BCUT2D eigenvalue weighted by Gasteiger charge is 2.49. The van der Waals surface area contributed by atoms with E-state index in [2.05, 4.69) is 26.0 Å². The fourth-order valence-corrected chi connectivity index (χ4v) is 7.14. The predicted molar refractivity (Wildman–Crippen MR) is 159 cm³/mol. The van der Waals surface area contributed by atoms with Gasteiger partial charge in [0.25, 0.3) is 0 Å². The molecule has 3 aliphatic rings. The van der Waals surface area contributed by atoms with Crippen molar-refractivity contribution >= 4 is 27.5 Å². The number of aromatic nitrogens is 2. The zero-order valence-electron chi connectivity index (χ0n) is 23.2. The third kappa shape index (κ3) is 4.39. The first-order valence-electron chi connectivity index (χ1n) is 14.4. The van der Waals surface area contributed by atoms with Gasteiger partial charge in [-0.25, -0.2) is 8.78 Å². The quantitative estimate of drug-likeness (QED) is 0.326. The normalized spacial score (nSPS) is 24.1. The van der Waals surface area contributed by atoms with Crippen LogP contribution in [0.1, 0.15) is 31.2 Å². The van der Waals surface area contributed by atoms with E-state index in [4.69, 9.17) is 16.1 Å². The van der Waals surface area contributed by atoms with E-state index < -0.39 is 12.0 Å². The van der Waals surface area contributed by atoms with E-state index in [0.29, 0.717) is 40.9 Å². The zero-order chi connectivity index (χ0) is 28.1. The third-order valence-electron chi connectivity index (χ3n) is 9.26. The third-order valence-corrected chi connectivity index (χ3v) is 9.26. The lowest BCUT2D eigenvalue weighted by Crippen LogP contribution is -2.43. The molecule has 210 valence electrons. The van der Waals surface area contributed by atoms with Gasteiger partial charge in [0.15, 0.2) is 5.82 Å². The Kier molecular flexibility index (Phi) is 6.52. The number of terminal acetylenes is 1. The number of nitrogens with one attached hydrogen (secondary N) is 1. The van der Waals surface area contributed by atoms with E-state index >= 15 is 4.39 Å². The Morgan fingerprint density at radius 3 is 2.83 bits per heavy atom. The molecule has 3 aromatic carbocycles. The number of rotatable bonds is 6. The van der Waals surface area contributed by atoms with Crippen LogP contribution in [0.3, 0.4) is 0 Å². The molecule has 0 saturated carbocycles. The molecule has 7 rings (SSSR count). The second-order valence-electron chi connectivity index (χ2n) is 11.6. The number of hydrogen-bond acceptors (Lipinski definition) is 6. The van der Waals surface area contributed by atoms with Crippen molar-refractivity contribution in [3.05, 3.63) is 59.9 Å². The monoisotopic (exact) mass is 553 g/mol. The van der Waals surface area contributed by atoms with Gasteiger partial charge >= 0.3 is 6.01 Å². The fraction of sp³-hybridized carbons (Fsp3) is 0.394. The second-order valence-corrected chi connectivity index (χ2v) is 11.6. The molecule has 3 saturated heterocycles. The van der Waals surface area contributed by atoms with Gasteiger partial charge in [-0.05, 0) is 55.4 Å². The summed E-state index contributed by atoms with van der Waals surface area (Å²) in [6.45, 7) is 3.32. The standard InChI is InChI=1S/C33H33F2N5O/c1-3-21-7-4-8-22-9-5-10-25(28(21)22)26-11-12-27-30(29(26)35)37-32(38-31(27)39(2)24-13-15-36-18-24)41-20-33-14-6-16-40(33)19-23(34)17-33/h1,4-5,7-12,23-24,36H,6,13-20H2,2H3/t23-,24-,33+/m1/s1. The fourth-order valence-electron chi connectivity index (χ4n) is 7.14. The molecule has 0 bridgehead atoms. The Balaban J connectivity index is 1.35. The van der Waals surface area contributed by atoms with Gasteiger partial charge in [-0.3, -0.25) is 4.90 Å². The summed E-state index contributed by atoms with van der Waals surface area (Å²) >= 11 is 0.